The van der Waals surface area contributed by atoms with E-state index in [2.05, 4.69) is 12.1 Å². The van der Waals surface area contributed by atoms with Gasteiger partial charge < -0.3 is 23.7 Å². The van der Waals surface area contributed by atoms with E-state index in [-0.39, 0.29) is 30.4 Å². The van der Waals surface area contributed by atoms with Crippen molar-refractivity contribution in [2.24, 2.45) is 5.92 Å². The zero-order valence-electron chi connectivity index (χ0n) is 20.8. The number of furan rings is 1. The van der Waals surface area contributed by atoms with Gasteiger partial charge in [-0.2, -0.15) is 0 Å². The van der Waals surface area contributed by atoms with Crippen LogP contribution < -0.4 is 9.47 Å². The van der Waals surface area contributed by atoms with Gasteiger partial charge in [-0.05, 0) is 55.9 Å². The van der Waals surface area contributed by atoms with Gasteiger partial charge in [0.1, 0.15) is 12.4 Å². The number of rotatable bonds is 6. The summed E-state index contributed by atoms with van der Waals surface area (Å²) < 4.78 is 17.1. The standard InChI is InChI=1S/C29H32N2O5/c1-20-23(14-17-34-20)28(32)30(2)24(18-21-8-4-3-5-9-21)22-12-15-31(16-13-22)29(33)27-19-35-25-10-6-7-11-26(25)36-27/h3-11,14,17,22,24,27H,12-13,15-16,18-19H2,1-2H3/t24-,27+/m1/s1. The predicted molar refractivity (Wildman–Crippen MR) is 135 cm³/mol. The average molecular weight is 489 g/mol. The van der Waals surface area contributed by atoms with Gasteiger partial charge in [0.15, 0.2) is 11.5 Å². The quantitative estimate of drug-likeness (QED) is 0.516. The van der Waals surface area contributed by atoms with Crippen molar-refractivity contribution in [3.8, 4) is 11.5 Å². The number of piperidine rings is 1. The minimum absolute atomic E-state index is 0.00703. The summed E-state index contributed by atoms with van der Waals surface area (Å²) in [5.41, 5.74) is 1.79. The molecule has 0 spiro atoms. The van der Waals surface area contributed by atoms with Crippen LogP contribution in [0.4, 0.5) is 0 Å². The molecule has 2 atom stereocenters. The van der Waals surface area contributed by atoms with Gasteiger partial charge in [-0.3, -0.25) is 9.59 Å². The maximum absolute atomic E-state index is 13.4. The fourth-order valence-corrected chi connectivity index (χ4v) is 5.27. The molecule has 7 nitrogen and oxygen atoms in total. The molecule has 1 aromatic heterocycles. The van der Waals surface area contributed by atoms with Crippen LogP contribution in [0.2, 0.25) is 0 Å². The van der Waals surface area contributed by atoms with Crippen LogP contribution in [0.25, 0.3) is 0 Å². The van der Waals surface area contributed by atoms with Crippen LogP contribution in [0, 0.1) is 12.8 Å². The summed E-state index contributed by atoms with van der Waals surface area (Å²) in [4.78, 5) is 30.3. The van der Waals surface area contributed by atoms with Crippen LogP contribution in [0.3, 0.4) is 0 Å². The summed E-state index contributed by atoms with van der Waals surface area (Å²) in [6.07, 6.45) is 3.31. The second kappa shape index (κ2) is 10.5. The van der Waals surface area contributed by atoms with Gasteiger partial charge in [0.05, 0.1) is 11.8 Å². The highest BCUT2D eigenvalue weighted by Gasteiger charge is 2.37. The summed E-state index contributed by atoms with van der Waals surface area (Å²) in [6.45, 7) is 3.28. The van der Waals surface area contributed by atoms with E-state index in [1.807, 2.05) is 66.2 Å². The topological polar surface area (TPSA) is 72.2 Å². The van der Waals surface area contributed by atoms with E-state index in [9.17, 15) is 9.59 Å². The number of hydrogen-bond acceptors (Lipinski definition) is 5. The van der Waals surface area contributed by atoms with Crippen molar-refractivity contribution in [1.29, 1.82) is 0 Å². The zero-order valence-corrected chi connectivity index (χ0v) is 20.8. The Morgan fingerprint density at radius 3 is 2.39 bits per heavy atom. The molecule has 7 heteroatoms. The Balaban J connectivity index is 1.27. The lowest BCUT2D eigenvalue weighted by molar-refractivity contribution is -0.142. The van der Waals surface area contributed by atoms with Crippen molar-refractivity contribution in [2.45, 2.75) is 38.3 Å². The number of likely N-dealkylation sites (N-methyl/N-ethyl adjacent to an activating group) is 1. The lowest BCUT2D eigenvalue weighted by atomic mass is 9.84. The van der Waals surface area contributed by atoms with Crippen LogP contribution in [-0.4, -0.2) is 60.5 Å². The number of aryl methyl sites for hydroxylation is 1. The van der Waals surface area contributed by atoms with Gasteiger partial charge in [-0.1, -0.05) is 42.5 Å². The number of para-hydroxylation sites is 2. The minimum atomic E-state index is -0.634. The van der Waals surface area contributed by atoms with Gasteiger partial charge >= 0.3 is 0 Å². The molecule has 2 aromatic carbocycles. The van der Waals surface area contributed by atoms with E-state index >= 15 is 0 Å². The minimum Gasteiger partial charge on any atom is -0.485 e. The Kier molecular flexibility index (Phi) is 6.98. The molecule has 2 aliphatic heterocycles. The van der Waals surface area contributed by atoms with Crippen LogP contribution in [-0.2, 0) is 11.2 Å². The van der Waals surface area contributed by atoms with Crippen molar-refractivity contribution in [2.75, 3.05) is 26.7 Å². The number of nitrogens with zero attached hydrogens (tertiary/aromatic N) is 2. The monoisotopic (exact) mass is 488 g/mol. The highest BCUT2D eigenvalue weighted by atomic mass is 16.6. The highest BCUT2D eigenvalue weighted by molar-refractivity contribution is 5.95. The molecule has 2 amide bonds. The fourth-order valence-electron chi connectivity index (χ4n) is 5.27. The number of fused-ring (bicyclic) bond motifs is 1. The summed E-state index contributed by atoms with van der Waals surface area (Å²) in [5, 5.41) is 0. The Morgan fingerprint density at radius 2 is 1.69 bits per heavy atom. The van der Waals surface area contributed by atoms with Gasteiger partial charge in [0.25, 0.3) is 11.8 Å². The molecule has 0 bridgehead atoms. The number of benzene rings is 2. The molecule has 2 aliphatic rings. The Bertz CT molecular complexity index is 1200. The Hall–Kier alpha value is -3.74. The molecule has 1 saturated heterocycles. The molecule has 0 N–H and O–H groups in total. The lowest BCUT2D eigenvalue weighted by Gasteiger charge is -2.41. The van der Waals surface area contributed by atoms with Crippen molar-refractivity contribution in [3.05, 3.63) is 83.8 Å². The van der Waals surface area contributed by atoms with E-state index in [0.717, 1.165) is 19.3 Å². The number of hydrogen-bond donors (Lipinski definition) is 0. The predicted octanol–water partition coefficient (Wildman–Crippen LogP) is 4.35. The van der Waals surface area contributed by atoms with Crippen LogP contribution in [0.15, 0.2) is 71.3 Å². The van der Waals surface area contributed by atoms with Gasteiger partial charge in [-0.25, -0.2) is 0 Å². The third-order valence-electron chi connectivity index (χ3n) is 7.37. The number of carbonyl (C=O) groups is 2. The number of carbonyl (C=O) groups excluding carboxylic acids is 2. The average Bonchev–Trinajstić information content (AvgIpc) is 3.36. The van der Waals surface area contributed by atoms with E-state index in [1.54, 1.807) is 12.3 Å². The van der Waals surface area contributed by atoms with E-state index in [4.69, 9.17) is 13.9 Å². The Labute approximate surface area is 211 Å². The van der Waals surface area contributed by atoms with E-state index in [1.165, 1.54) is 5.56 Å². The van der Waals surface area contributed by atoms with Crippen LogP contribution in [0.5, 0.6) is 11.5 Å². The van der Waals surface area contributed by atoms with Crippen molar-refractivity contribution >= 4 is 11.8 Å². The summed E-state index contributed by atoms with van der Waals surface area (Å²) >= 11 is 0. The lowest BCUT2D eigenvalue weighted by Crippen LogP contribution is -2.52. The first-order valence-electron chi connectivity index (χ1n) is 12.5. The first-order valence-corrected chi connectivity index (χ1v) is 12.5. The molecule has 1 fully saturated rings. The summed E-state index contributed by atoms with van der Waals surface area (Å²) in [5.74, 6) is 2.09. The largest absolute Gasteiger partial charge is 0.485 e. The number of amides is 2. The summed E-state index contributed by atoms with van der Waals surface area (Å²) in [6, 6.07) is 19.4. The maximum atomic E-state index is 13.4. The third-order valence-corrected chi connectivity index (χ3v) is 7.37. The van der Waals surface area contributed by atoms with Crippen LogP contribution >= 0.6 is 0 Å². The molecule has 0 radical (unpaired) electrons. The number of likely N-dealkylation sites (tertiary alicyclic amines) is 1. The molecular weight excluding hydrogens is 456 g/mol. The molecule has 5 rings (SSSR count). The van der Waals surface area contributed by atoms with Crippen molar-refractivity contribution < 1.29 is 23.5 Å². The maximum Gasteiger partial charge on any atom is 0.267 e. The zero-order chi connectivity index (χ0) is 25.1. The molecule has 0 saturated carbocycles. The van der Waals surface area contributed by atoms with Gasteiger partial charge in [-0.15, -0.1) is 0 Å². The molecular formula is C29H32N2O5. The van der Waals surface area contributed by atoms with Gasteiger partial charge in [0, 0.05) is 26.2 Å². The second-order valence-corrected chi connectivity index (χ2v) is 9.59. The SMILES string of the molecule is Cc1occc1C(=O)N(C)[C@H](Cc1ccccc1)C1CCN(C(=O)[C@@H]2COc3ccccc3O2)CC1. The normalized spacial score (nSPS) is 18.5. The van der Waals surface area contributed by atoms with Crippen molar-refractivity contribution in [1.82, 2.24) is 9.80 Å². The van der Waals surface area contributed by atoms with Gasteiger partial charge in [0.2, 0.25) is 6.10 Å². The van der Waals surface area contributed by atoms with Crippen LogP contribution in [0.1, 0.15) is 34.5 Å². The first-order chi connectivity index (χ1) is 17.5. The molecule has 188 valence electrons. The third kappa shape index (κ3) is 4.96. The second-order valence-electron chi connectivity index (χ2n) is 9.59. The molecule has 36 heavy (non-hydrogen) atoms. The molecule has 0 aliphatic carbocycles. The van der Waals surface area contributed by atoms with E-state index < -0.39 is 6.10 Å². The van der Waals surface area contributed by atoms with E-state index in [0.29, 0.717) is 35.9 Å². The molecule has 0 unspecified atom stereocenters. The summed E-state index contributed by atoms with van der Waals surface area (Å²) in [7, 11) is 1.88. The van der Waals surface area contributed by atoms with Crippen molar-refractivity contribution in [3.63, 3.8) is 0 Å². The highest BCUT2D eigenvalue weighted by Crippen LogP contribution is 2.33. The first kappa shape index (κ1) is 24.0. The molecule has 3 aromatic rings. The fraction of sp³-hybridized carbons (Fsp3) is 0.379. The molecule has 3 heterocycles. The number of ether oxygens (including phenoxy) is 2. The smallest absolute Gasteiger partial charge is 0.267 e. The Morgan fingerprint density at radius 1 is 1.00 bits per heavy atom.